The first-order valence-electron chi connectivity index (χ1n) is 11.8. The molecule has 1 N–H and O–H groups in total. The number of sulfonamides is 1. The Hall–Kier alpha value is -3.27. The second kappa shape index (κ2) is 13.0. The zero-order valence-corrected chi connectivity index (χ0v) is 23.6. The highest BCUT2D eigenvalue weighted by Gasteiger charge is 2.34. The third-order valence-corrected chi connectivity index (χ3v) is 8.18. The number of ether oxygens (including phenoxy) is 1. The molecule has 0 saturated carbocycles. The van der Waals surface area contributed by atoms with Gasteiger partial charge in [-0.3, -0.25) is 13.9 Å². The van der Waals surface area contributed by atoms with Gasteiger partial charge in [0.1, 0.15) is 18.3 Å². The van der Waals surface area contributed by atoms with Gasteiger partial charge in [-0.25, -0.2) is 8.42 Å². The molecule has 0 spiro atoms. The van der Waals surface area contributed by atoms with Gasteiger partial charge in [-0.15, -0.1) is 0 Å². The van der Waals surface area contributed by atoms with Gasteiger partial charge in [0.25, 0.3) is 10.0 Å². The molecule has 2 amide bonds. The molecule has 1 unspecified atom stereocenters. The van der Waals surface area contributed by atoms with Crippen molar-refractivity contribution in [2.45, 2.75) is 30.8 Å². The molecule has 0 heterocycles. The normalized spacial score (nSPS) is 11.9. The minimum Gasteiger partial charge on any atom is -0.495 e. The molecule has 0 fully saturated rings. The van der Waals surface area contributed by atoms with E-state index in [0.717, 1.165) is 9.87 Å². The monoisotopic (exact) mass is 577 g/mol. The van der Waals surface area contributed by atoms with Gasteiger partial charge >= 0.3 is 0 Å². The molecule has 202 valence electrons. The van der Waals surface area contributed by atoms with Crippen LogP contribution in [0.25, 0.3) is 0 Å². The van der Waals surface area contributed by atoms with E-state index in [9.17, 15) is 18.0 Å². The molecule has 3 aromatic carbocycles. The predicted molar refractivity (Wildman–Crippen MR) is 149 cm³/mol. The summed E-state index contributed by atoms with van der Waals surface area (Å²) in [6, 6.07) is 18.3. The van der Waals surface area contributed by atoms with E-state index >= 15 is 0 Å². The Balaban J connectivity index is 2.11. The van der Waals surface area contributed by atoms with Crippen molar-refractivity contribution in [3.05, 3.63) is 88.4 Å². The number of likely N-dealkylation sites (N-methyl/N-ethyl adjacent to an activating group) is 1. The maximum absolute atomic E-state index is 13.9. The lowest BCUT2D eigenvalue weighted by Gasteiger charge is -2.33. The van der Waals surface area contributed by atoms with Crippen LogP contribution in [0.5, 0.6) is 5.75 Å². The van der Waals surface area contributed by atoms with Crippen molar-refractivity contribution < 1.29 is 22.7 Å². The molecular weight excluding hydrogens is 549 g/mol. The third-order valence-electron chi connectivity index (χ3n) is 5.92. The lowest BCUT2D eigenvalue weighted by atomic mass is 10.1. The topological polar surface area (TPSA) is 96.0 Å². The molecule has 1 atom stereocenters. The Morgan fingerprint density at radius 1 is 0.974 bits per heavy atom. The predicted octanol–water partition coefficient (Wildman–Crippen LogP) is 4.75. The number of rotatable bonds is 11. The molecule has 0 aromatic heterocycles. The second-order valence-electron chi connectivity index (χ2n) is 8.33. The number of hydrogen-bond acceptors (Lipinski definition) is 5. The molecule has 3 aromatic rings. The summed E-state index contributed by atoms with van der Waals surface area (Å²) in [5, 5.41) is 3.38. The van der Waals surface area contributed by atoms with Crippen LogP contribution in [0.1, 0.15) is 18.9 Å². The molecule has 0 bridgehead atoms. The van der Waals surface area contributed by atoms with Crippen LogP contribution < -0.4 is 14.4 Å². The number of nitrogens with one attached hydrogen (secondary N) is 1. The molecular formula is C27H29Cl2N3O5S. The van der Waals surface area contributed by atoms with E-state index in [-0.39, 0.29) is 33.8 Å². The molecule has 3 rings (SSSR count). The van der Waals surface area contributed by atoms with Crippen molar-refractivity contribution in [1.29, 1.82) is 0 Å². The Bertz CT molecular complexity index is 1370. The third kappa shape index (κ3) is 6.78. The largest absolute Gasteiger partial charge is 0.495 e. The highest BCUT2D eigenvalue weighted by Crippen LogP contribution is 2.35. The Kier molecular flexibility index (Phi) is 10.0. The van der Waals surface area contributed by atoms with Gasteiger partial charge in [-0.05, 0) is 54.4 Å². The maximum atomic E-state index is 13.9. The molecule has 0 radical (unpaired) electrons. The molecule has 0 aliphatic heterocycles. The van der Waals surface area contributed by atoms with Gasteiger partial charge in [0.15, 0.2) is 0 Å². The van der Waals surface area contributed by atoms with Crippen molar-refractivity contribution in [3.8, 4) is 5.75 Å². The van der Waals surface area contributed by atoms with Gasteiger partial charge in [-0.1, -0.05) is 60.5 Å². The Morgan fingerprint density at radius 3 is 2.18 bits per heavy atom. The van der Waals surface area contributed by atoms with Gasteiger partial charge in [0.2, 0.25) is 11.8 Å². The Labute approximate surface area is 233 Å². The summed E-state index contributed by atoms with van der Waals surface area (Å²) in [7, 11) is -1.36. The first-order chi connectivity index (χ1) is 18.1. The van der Waals surface area contributed by atoms with E-state index < -0.39 is 28.5 Å². The average molecular weight is 579 g/mol. The van der Waals surface area contributed by atoms with E-state index in [1.165, 1.54) is 43.3 Å². The summed E-state index contributed by atoms with van der Waals surface area (Å²) in [5.74, 6) is -0.742. The SMILES string of the molecule is CCC(C(=O)NC)N(Cc1ccc(Cl)cc1)C(=O)CN(c1cc(Cl)ccc1OC)S(=O)(=O)c1ccccc1. The molecule has 8 nitrogen and oxygen atoms in total. The quantitative estimate of drug-likeness (QED) is 0.354. The number of halogens is 2. The van der Waals surface area contributed by atoms with E-state index in [1.807, 2.05) is 0 Å². The number of methoxy groups -OCH3 is 1. The van der Waals surface area contributed by atoms with E-state index in [1.54, 1.807) is 55.5 Å². The Morgan fingerprint density at radius 2 is 1.61 bits per heavy atom. The first kappa shape index (κ1) is 29.3. The highest BCUT2D eigenvalue weighted by molar-refractivity contribution is 7.92. The van der Waals surface area contributed by atoms with Crippen LogP contribution in [0.4, 0.5) is 5.69 Å². The molecule has 11 heteroatoms. The highest BCUT2D eigenvalue weighted by atomic mass is 35.5. The first-order valence-corrected chi connectivity index (χ1v) is 14.0. The number of amides is 2. The zero-order chi connectivity index (χ0) is 27.9. The van der Waals surface area contributed by atoms with Crippen molar-refractivity contribution in [2.24, 2.45) is 0 Å². The zero-order valence-electron chi connectivity index (χ0n) is 21.2. The number of anilines is 1. The van der Waals surface area contributed by atoms with Gasteiger partial charge in [-0.2, -0.15) is 0 Å². The van der Waals surface area contributed by atoms with Crippen LogP contribution in [-0.4, -0.2) is 51.9 Å². The van der Waals surface area contributed by atoms with Crippen LogP contribution >= 0.6 is 23.2 Å². The van der Waals surface area contributed by atoms with Crippen LogP contribution in [0.2, 0.25) is 10.0 Å². The van der Waals surface area contributed by atoms with Gasteiger partial charge in [0.05, 0.1) is 17.7 Å². The summed E-state index contributed by atoms with van der Waals surface area (Å²) in [6.07, 6.45) is 0.310. The average Bonchev–Trinajstić information content (AvgIpc) is 2.92. The van der Waals surface area contributed by atoms with Crippen LogP contribution in [0.3, 0.4) is 0 Å². The molecule has 0 aliphatic carbocycles. The maximum Gasteiger partial charge on any atom is 0.264 e. The fraction of sp³-hybridized carbons (Fsp3) is 0.259. The van der Waals surface area contributed by atoms with Gasteiger partial charge < -0.3 is 15.0 Å². The number of benzene rings is 3. The van der Waals surface area contributed by atoms with Crippen LogP contribution in [0, 0.1) is 0 Å². The summed E-state index contributed by atoms with van der Waals surface area (Å²) in [6.45, 7) is 1.24. The minimum atomic E-state index is -4.24. The number of carbonyl (C=O) groups is 2. The minimum absolute atomic E-state index is 0.0163. The molecule has 0 aliphatic rings. The lowest BCUT2D eigenvalue weighted by Crippen LogP contribution is -2.51. The van der Waals surface area contributed by atoms with E-state index in [2.05, 4.69) is 5.32 Å². The van der Waals surface area contributed by atoms with E-state index in [0.29, 0.717) is 11.4 Å². The van der Waals surface area contributed by atoms with Crippen molar-refractivity contribution in [1.82, 2.24) is 10.2 Å². The summed E-state index contributed by atoms with van der Waals surface area (Å²) >= 11 is 12.2. The van der Waals surface area contributed by atoms with E-state index in [4.69, 9.17) is 27.9 Å². The fourth-order valence-corrected chi connectivity index (χ4v) is 5.69. The number of hydrogen-bond donors (Lipinski definition) is 1. The summed E-state index contributed by atoms with van der Waals surface area (Å²) < 4.78 is 34.1. The second-order valence-corrected chi connectivity index (χ2v) is 11.1. The van der Waals surface area contributed by atoms with Crippen molar-refractivity contribution in [2.75, 3.05) is 25.0 Å². The molecule has 38 heavy (non-hydrogen) atoms. The fourth-order valence-electron chi connectivity index (χ4n) is 3.96. The summed E-state index contributed by atoms with van der Waals surface area (Å²) in [5.41, 5.74) is 0.819. The van der Waals surface area contributed by atoms with Crippen LogP contribution in [0.15, 0.2) is 77.7 Å². The van der Waals surface area contributed by atoms with Crippen molar-refractivity contribution >= 4 is 50.7 Å². The van der Waals surface area contributed by atoms with Gasteiger partial charge in [0, 0.05) is 23.6 Å². The lowest BCUT2D eigenvalue weighted by molar-refractivity contribution is -0.140. The summed E-state index contributed by atoms with van der Waals surface area (Å²) in [4.78, 5) is 28.0. The molecule has 0 saturated heterocycles. The van der Waals surface area contributed by atoms with Crippen LogP contribution in [-0.2, 0) is 26.2 Å². The smallest absolute Gasteiger partial charge is 0.264 e. The number of carbonyl (C=O) groups excluding carboxylic acids is 2. The standard InChI is InChI=1S/C27H29Cl2N3O5S/c1-4-23(27(34)30-2)31(17-19-10-12-20(28)13-11-19)26(33)18-32(24-16-21(29)14-15-25(24)37-3)38(35,36)22-8-6-5-7-9-22/h5-16,23H,4,17-18H2,1-3H3,(H,30,34). The van der Waals surface area contributed by atoms with Crippen molar-refractivity contribution in [3.63, 3.8) is 0 Å². The number of nitrogens with zero attached hydrogens (tertiary/aromatic N) is 2.